The van der Waals surface area contributed by atoms with Crippen molar-refractivity contribution >= 4 is 11.6 Å². The first-order valence-electron chi connectivity index (χ1n) is 5.68. The van der Waals surface area contributed by atoms with E-state index in [4.69, 9.17) is 17.3 Å². The van der Waals surface area contributed by atoms with Gasteiger partial charge in [0.05, 0.1) is 17.9 Å². The maximum atomic E-state index is 12.8. The molecule has 0 bridgehead atoms. The van der Waals surface area contributed by atoms with E-state index in [2.05, 4.69) is 4.98 Å². The summed E-state index contributed by atoms with van der Waals surface area (Å²) in [5.74, 6) is -0.362. The third-order valence-corrected chi connectivity index (χ3v) is 3.13. The van der Waals surface area contributed by atoms with E-state index in [1.807, 2.05) is 25.1 Å². The molecule has 1 atom stereocenters. The zero-order valence-corrected chi connectivity index (χ0v) is 10.8. The van der Waals surface area contributed by atoms with Gasteiger partial charge in [0.15, 0.2) is 0 Å². The molecule has 0 fully saturated rings. The van der Waals surface area contributed by atoms with Crippen LogP contribution in [0.15, 0.2) is 36.5 Å². The predicted molar refractivity (Wildman–Crippen MR) is 71.0 cm³/mol. The summed E-state index contributed by atoms with van der Waals surface area (Å²) in [5.41, 5.74) is 8.78. The highest BCUT2D eigenvalue weighted by molar-refractivity contribution is 6.31. The minimum Gasteiger partial charge on any atom is -0.322 e. The fourth-order valence-corrected chi connectivity index (χ4v) is 2.08. The lowest BCUT2D eigenvalue weighted by atomic mass is 10.0. The number of hydrogen-bond donors (Lipinski definition) is 1. The smallest absolute Gasteiger partial charge is 0.141 e. The van der Waals surface area contributed by atoms with Crippen LogP contribution < -0.4 is 5.73 Å². The summed E-state index contributed by atoms with van der Waals surface area (Å²) in [6.07, 6.45) is 1.75. The third-order valence-electron chi connectivity index (χ3n) is 2.78. The van der Waals surface area contributed by atoms with Gasteiger partial charge in [0.2, 0.25) is 0 Å². The Kier molecular flexibility index (Phi) is 3.94. The van der Waals surface area contributed by atoms with Crippen molar-refractivity contribution in [3.8, 4) is 0 Å². The Morgan fingerprint density at radius 1 is 1.33 bits per heavy atom. The summed E-state index contributed by atoms with van der Waals surface area (Å²) in [6, 6.07) is 8.53. The number of pyridine rings is 1. The highest BCUT2D eigenvalue weighted by atomic mass is 35.5. The molecular formula is C14H14ClFN2. The van der Waals surface area contributed by atoms with Gasteiger partial charge in [-0.15, -0.1) is 0 Å². The topological polar surface area (TPSA) is 38.9 Å². The van der Waals surface area contributed by atoms with E-state index in [-0.39, 0.29) is 11.9 Å². The zero-order chi connectivity index (χ0) is 13.1. The van der Waals surface area contributed by atoms with Crippen molar-refractivity contribution in [2.24, 2.45) is 5.73 Å². The first-order chi connectivity index (χ1) is 8.56. The van der Waals surface area contributed by atoms with Gasteiger partial charge in [-0.1, -0.05) is 23.7 Å². The molecule has 2 nitrogen and oxygen atoms in total. The molecule has 0 saturated carbocycles. The minimum absolute atomic E-state index is 0.286. The highest BCUT2D eigenvalue weighted by Crippen LogP contribution is 2.22. The van der Waals surface area contributed by atoms with Gasteiger partial charge in [0, 0.05) is 5.02 Å². The molecule has 0 saturated heterocycles. The number of benzene rings is 1. The van der Waals surface area contributed by atoms with Crippen LogP contribution in [0.2, 0.25) is 5.02 Å². The van der Waals surface area contributed by atoms with Gasteiger partial charge >= 0.3 is 0 Å². The molecule has 1 unspecified atom stereocenters. The van der Waals surface area contributed by atoms with Crippen LogP contribution in [0.3, 0.4) is 0 Å². The Balaban J connectivity index is 2.15. The number of halogens is 2. The summed E-state index contributed by atoms with van der Waals surface area (Å²) in [5, 5.41) is 0.701. The maximum absolute atomic E-state index is 12.8. The highest BCUT2D eigenvalue weighted by Gasteiger charge is 2.11. The van der Waals surface area contributed by atoms with Gasteiger partial charge in [-0.25, -0.2) is 4.39 Å². The molecule has 94 valence electrons. The van der Waals surface area contributed by atoms with Crippen molar-refractivity contribution in [2.45, 2.75) is 19.4 Å². The number of hydrogen-bond acceptors (Lipinski definition) is 2. The van der Waals surface area contributed by atoms with Crippen molar-refractivity contribution in [3.63, 3.8) is 0 Å². The quantitative estimate of drug-likeness (QED) is 0.923. The first-order valence-corrected chi connectivity index (χ1v) is 6.06. The predicted octanol–water partition coefficient (Wildman–Crippen LogP) is 3.43. The van der Waals surface area contributed by atoms with Crippen LogP contribution in [0, 0.1) is 12.7 Å². The van der Waals surface area contributed by atoms with Gasteiger partial charge in [0.1, 0.15) is 5.82 Å². The summed E-state index contributed by atoms with van der Waals surface area (Å²) < 4.78 is 12.8. The lowest BCUT2D eigenvalue weighted by Crippen LogP contribution is -2.15. The molecule has 0 aliphatic heterocycles. The van der Waals surface area contributed by atoms with E-state index >= 15 is 0 Å². The molecule has 1 aromatic carbocycles. The van der Waals surface area contributed by atoms with Crippen molar-refractivity contribution in [1.29, 1.82) is 0 Å². The molecule has 1 aromatic heterocycles. The van der Waals surface area contributed by atoms with Crippen LogP contribution in [-0.4, -0.2) is 4.98 Å². The van der Waals surface area contributed by atoms with Crippen LogP contribution in [-0.2, 0) is 6.42 Å². The van der Waals surface area contributed by atoms with Crippen molar-refractivity contribution in [3.05, 3.63) is 64.2 Å². The normalized spacial score (nSPS) is 12.4. The Morgan fingerprint density at radius 2 is 2.11 bits per heavy atom. The fraction of sp³-hybridized carbons (Fsp3) is 0.214. The Morgan fingerprint density at radius 3 is 2.72 bits per heavy atom. The SMILES string of the molecule is Cc1ccc(CC(N)c2ccc(F)cn2)c(Cl)c1. The van der Waals surface area contributed by atoms with E-state index in [1.165, 1.54) is 12.3 Å². The average molecular weight is 265 g/mol. The van der Waals surface area contributed by atoms with E-state index in [0.717, 1.165) is 11.1 Å². The maximum Gasteiger partial charge on any atom is 0.141 e. The number of rotatable bonds is 3. The Labute approximate surface area is 111 Å². The van der Waals surface area contributed by atoms with Gasteiger partial charge in [-0.3, -0.25) is 4.98 Å². The molecule has 18 heavy (non-hydrogen) atoms. The molecule has 4 heteroatoms. The first kappa shape index (κ1) is 13.0. The number of nitrogens with zero attached hydrogens (tertiary/aromatic N) is 1. The summed E-state index contributed by atoms with van der Waals surface area (Å²) in [7, 11) is 0. The van der Waals surface area contributed by atoms with E-state index in [0.29, 0.717) is 17.1 Å². The molecule has 0 amide bonds. The largest absolute Gasteiger partial charge is 0.322 e. The second-order valence-electron chi connectivity index (χ2n) is 4.31. The van der Waals surface area contributed by atoms with Crippen LogP contribution >= 0.6 is 11.6 Å². The number of nitrogens with two attached hydrogens (primary N) is 1. The third kappa shape index (κ3) is 3.06. The van der Waals surface area contributed by atoms with Crippen LogP contribution in [0.1, 0.15) is 22.9 Å². The van der Waals surface area contributed by atoms with Gasteiger partial charge in [-0.2, -0.15) is 0 Å². The van der Waals surface area contributed by atoms with Gasteiger partial charge in [0.25, 0.3) is 0 Å². The molecule has 1 heterocycles. The molecule has 0 spiro atoms. The van der Waals surface area contributed by atoms with Crippen molar-refractivity contribution in [2.75, 3.05) is 0 Å². The molecule has 0 aliphatic rings. The lowest BCUT2D eigenvalue weighted by Gasteiger charge is -2.12. The molecule has 0 aliphatic carbocycles. The summed E-state index contributed by atoms with van der Waals surface area (Å²) >= 11 is 6.15. The minimum atomic E-state index is -0.362. The van der Waals surface area contributed by atoms with Crippen LogP contribution in [0.4, 0.5) is 4.39 Å². The van der Waals surface area contributed by atoms with Crippen LogP contribution in [0.5, 0.6) is 0 Å². The van der Waals surface area contributed by atoms with Crippen molar-refractivity contribution in [1.82, 2.24) is 4.98 Å². The van der Waals surface area contributed by atoms with E-state index in [1.54, 1.807) is 6.07 Å². The van der Waals surface area contributed by atoms with E-state index < -0.39 is 0 Å². The fourth-order valence-electron chi connectivity index (χ4n) is 1.77. The molecule has 0 radical (unpaired) electrons. The lowest BCUT2D eigenvalue weighted by molar-refractivity contribution is 0.612. The standard InChI is InChI=1S/C14H14ClFN2/c1-9-2-3-10(12(15)6-9)7-13(17)14-5-4-11(16)8-18-14/h2-6,8,13H,7,17H2,1H3. The monoisotopic (exact) mass is 264 g/mol. The summed E-state index contributed by atoms with van der Waals surface area (Å²) in [6.45, 7) is 1.98. The second kappa shape index (κ2) is 5.46. The second-order valence-corrected chi connectivity index (χ2v) is 4.71. The average Bonchev–Trinajstić information content (AvgIpc) is 2.33. The zero-order valence-electron chi connectivity index (χ0n) is 10.0. The number of aryl methyl sites for hydroxylation is 1. The Bertz CT molecular complexity index is 540. The molecule has 2 N–H and O–H groups in total. The Hall–Kier alpha value is -1.45. The number of aromatic nitrogens is 1. The van der Waals surface area contributed by atoms with Gasteiger partial charge in [-0.05, 0) is 42.7 Å². The molecule has 2 rings (SSSR count). The summed E-state index contributed by atoms with van der Waals surface area (Å²) in [4.78, 5) is 3.98. The van der Waals surface area contributed by atoms with Crippen molar-refractivity contribution < 1.29 is 4.39 Å². The van der Waals surface area contributed by atoms with E-state index in [9.17, 15) is 4.39 Å². The molecule has 2 aromatic rings. The van der Waals surface area contributed by atoms with Crippen LogP contribution in [0.25, 0.3) is 0 Å². The molecular weight excluding hydrogens is 251 g/mol. The van der Waals surface area contributed by atoms with Gasteiger partial charge < -0.3 is 5.73 Å².